The van der Waals surface area contributed by atoms with Gasteiger partial charge >= 0.3 is 0 Å². The Bertz CT molecular complexity index is 3080. The van der Waals surface area contributed by atoms with E-state index < -0.39 is 0 Å². The second kappa shape index (κ2) is 12.0. The molecule has 5 nitrogen and oxygen atoms in total. The van der Waals surface area contributed by atoms with E-state index in [2.05, 4.69) is 119 Å². The predicted octanol–water partition coefficient (Wildman–Crippen LogP) is 11.9. The number of aromatic nitrogens is 4. The first-order valence-electron chi connectivity index (χ1n) is 19.6. The lowest BCUT2D eigenvalue weighted by Gasteiger charge is -2.21. The Labute approximate surface area is 331 Å². The Morgan fingerprint density at radius 3 is 1.42 bits per heavy atom. The van der Waals surface area contributed by atoms with Gasteiger partial charge in [0.15, 0.2) is 17.5 Å². The number of hydrogen-bond donors (Lipinski definition) is 0. The monoisotopic (exact) mass is 734 g/mol. The van der Waals surface area contributed by atoms with Crippen LogP contribution >= 0.6 is 0 Å². The average molecular weight is 735 g/mol. The normalized spacial score (nSPS) is 14.3. The maximum absolute atomic E-state index is 14.1. The van der Waals surface area contributed by atoms with Gasteiger partial charge in [0.25, 0.3) is 5.56 Å². The SMILES string of the molecule is CC1(C)c2ccccc2-c2c(-c3nc(-c4ccc(-n5c(=O)c6ccccc6c6ccccc65)cc4)nc(-c4cccc5c4-c4ccccc4C5(C)C)n3)cccc21. The summed E-state index contributed by atoms with van der Waals surface area (Å²) >= 11 is 0. The average Bonchev–Trinajstić information content (AvgIpc) is 3.64. The summed E-state index contributed by atoms with van der Waals surface area (Å²) in [6.07, 6.45) is 0. The molecule has 2 heterocycles. The molecule has 57 heavy (non-hydrogen) atoms. The van der Waals surface area contributed by atoms with Crippen LogP contribution in [-0.4, -0.2) is 19.5 Å². The van der Waals surface area contributed by atoms with Crippen LogP contribution in [0.25, 0.3) is 83.8 Å². The molecule has 0 unspecified atom stereocenters. The molecule has 5 heteroatoms. The maximum Gasteiger partial charge on any atom is 0.263 e. The van der Waals surface area contributed by atoms with Crippen molar-refractivity contribution in [2.75, 3.05) is 0 Å². The second-order valence-corrected chi connectivity index (χ2v) is 16.4. The summed E-state index contributed by atoms with van der Waals surface area (Å²) in [5, 5.41) is 2.67. The quantitative estimate of drug-likeness (QED) is 0.169. The van der Waals surface area contributed by atoms with Crippen molar-refractivity contribution in [3.05, 3.63) is 190 Å². The Morgan fingerprint density at radius 2 is 0.842 bits per heavy atom. The van der Waals surface area contributed by atoms with Gasteiger partial charge in [-0.15, -0.1) is 0 Å². The van der Waals surface area contributed by atoms with E-state index in [1.807, 2.05) is 71.3 Å². The number of rotatable bonds is 4. The Balaban J connectivity index is 1.14. The molecule has 2 aliphatic carbocycles. The van der Waals surface area contributed by atoms with E-state index in [1.54, 1.807) is 0 Å². The Kier molecular flexibility index (Phi) is 7.03. The van der Waals surface area contributed by atoms with E-state index in [0.717, 1.165) is 38.7 Å². The lowest BCUT2D eigenvalue weighted by molar-refractivity contribution is 0.660. The highest BCUT2D eigenvalue weighted by molar-refractivity contribution is 6.06. The molecule has 0 saturated carbocycles. The molecule has 0 bridgehead atoms. The summed E-state index contributed by atoms with van der Waals surface area (Å²) in [4.78, 5) is 30.0. The van der Waals surface area contributed by atoms with Crippen LogP contribution in [0.1, 0.15) is 49.9 Å². The third kappa shape index (κ3) is 4.75. The minimum Gasteiger partial charge on any atom is -0.276 e. The van der Waals surface area contributed by atoms with Crippen molar-refractivity contribution in [3.8, 4) is 62.1 Å². The van der Waals surface area contributed by atoms with Gasteiger partial charge in [0, 0.05) is 44.0 Å². The molecule has 0 spiro atoms. The molecule has 9 aromatic rings. The van der Waals surface area contributed by atoms with Gasteiger partial charge in [-0.1, -0.05) is 149 Å². The third-order valence-corrected chi connectivity index (χ3v) is 12.5. The highest BCUT2D eigenvalue weighted by atomic mass is 16.1. The fourth-order valence-electron chi connectivity index (χ4n) is 9.67. The first kappa shape index (κ1) is 33.4. The number of pyridine rings is 1. The zero-order valence-electron chi connectivity index (χ0n) is 32.2. The lowest BCUT2D eigenvalue weighted by Crippen LogP contribution is -2.19. The summed E-state index contributed by atoms with van der Waals surface area (Å²) in [7, 11) is 0. The summed E-state index contributed by atoms with van der Waals surface area (Å²) < 4.78 is 1.81. The van der Waals surface area contributed by atoms with Crippen LogP contribution in [0.3, 0.4) is 0 Å². The fourth-order valence-corrected chi connectivity index (χ4v) is 9.67. The Hall–Kier alpha value is -6.98. The molecule has 0 amide bonds. The summed E-state index contributed by atoms with van der Waals surface area (Å²) in [6.45, 7) is 9.18. The molecule has 2 aromatic heterocycles. The van der Waals surface area contributed by atoms with Crippen LogP contribution < -0.4 is 5.56 Å². The number of para-hydroxylation sites is 1. The predicted molar refractivity (Wildman–Crippen MR) is 232 cm³/mol. The van der Waals surface area contributed by atoms with Gasteiger partial charge < -0.3 is 0 Å². The zero-order chi connectivity index (χ0) is 38.6. The van der Waals surface area contributed by atoms with Crippen LogP contribution in [0.2, 0.25) is 0 Å². The van der Waals surface area contributed by atoms with Gasteiger partial charge in [-0.2, -0.15) is 0 Å². The summed E-state index contributed by atoms with van der Waals surface area (Å²) in [6, 6.07) is 54.4. The molecule has 0 fully saturated rings. The molecule has 0 saturated heterocycles. The van der Waals surface area contributed by atoms with Crippen molar-refractivity contribution >= 4 is 21.7 Å². The topological polar surface area (TPSA) is 60.7 Å². The molecule has 0 atom stereocenters. The van der Waals surface area contributed by atoms with Crippen LogP contribution in [-0.2, 0) is 10.8 Å². The van der Waals surface area contributed by atoms with E-state index in [-0.39, 0.29) is 16.4 Å². The van der Waals surface area contributed by atoms with Crippen molar-refractivity contribution in [1.82, 2.24) is 19.5 Å². The molecule has 0 aliphatic heterocycles. The van der Waals surface area contributed by atoms with Crippen molar-refractivity contribution < 1.29 is 0 Å². The standard InChI is InChI=1S/C52H38N4O/c1-51(2)40-22-10-7-18-36(40)45-38(20-13-24-42(45)51)48-53-47(54-49(55-48)39-21-14-25-43-46(39)37-19-8-11-23-41(37)52(43,3)4)31-27-29-32(30-28-31)56-44-26-12-9-16-34(44)33-15-5-6-17-35(33)50(56)57/h5-30H,1-4H3. The van der Waals surface area contributed by atoms with E-state index in [0.29, 0.717) is 22.9 Å². The van der Waals surface area contributed by atoms with E-state index >= 15 is 0 Å². The third-order valence-electron chi connectivity index (χ3n) is 12.5. The van der Waals surface area contributed by atoms with Crippen molar-refractivity contribution in [2.24, 2.45) is 0 Å². The largest absolute Gasteiger partial charge is 0.276 e. The summed E-state index contributed by atoms with van der Waals surface area (Å²) in [5.74, 6) is 1.83. The molecule has 0 radical (unpaired) electrons. The van der Waals surface area contributed by atoms with E-state index in [1.165, 1.54) is 44.5 Å². The molecular formula is C52H38N4O. The maximum atomic E-state index is 14.1. The minimum atomic E-state index is -0.170. The fraction of sp³-hybridized carbons (Fsp3) is 0.115. The molecule has 272 valence electrons. The van der Waals surface area contributed by atoms with Crippen LogP contribution in [0.5, 0.6) is 0 Å². The highest BCUT2D eigenvalue weighted by Crippen LogP contribution is 2.53. The number of benzene rings is 7. The zero-order valence-corrected chi connectivity index (χ0v) is 32.2. The molecule has 11 rings (SSSR count). The first-order chi connectivity index (χ1) is 27.7. The van der Waals surface area contributed by atoms with Crippen LogP contribution in [0.4, 0.5) is 0 Å². The first-order valence-corrected chi connectivity index (χ1v) is 19.6. The van der Waals surface area contributed by atoms with Crippen LogP contribution in [0, 0.1) is 0 Å². The van der Waals surface area contributed by atoms with E-state index in [9.17, 15) is 4.79 Å². The van der Waals surface area contributed by atoms with Crippen LogP contribution in [0.15, 0.2) is 163 Å². The molecule has 7 aromatic carbocycles. The van der Waals surface area contributed by atoms with Gasteiger partial charge in [0.05, 0.1) is 5.52 Å². The van der Waals surface area contributed by atoms with E-state index in [4.69, 9.17) is 15.0 Å². The molecule has 2 aliphatic rings. The highest BCUT2D eigenvalue weighted by Gasteiger charge is 2.39. The van der Waals surface area contributed by atoms with Gasteiger partial charge in [-0.25, -0.2) is 15.0 Å². The second-order valence-electron chi connectivity index (χ2n) is 16.4. The van der Waals surface area contributed by atoms with Gasteiger partial charge in [0.2, 0.25) is 0 Å². The van der Waals surface area contributed by atoms with Gasteiger partial charge in [-0.05, 0) is 86.3 Å². The number of hydrogen-bond acceptors (Lipinski definition) is 4. The lowest BCUT2D eigenvalue weighted by atomic mass is 9.82. The van der Waals surface area contributed by atoms with Gasteiger partial charge in [-0.3, -0.25) is 9.36 Å². The minimum absolute atomic E-state index is 0.0518. The van der Waals surface area contributed by atoms with Crippen molar-refractivity contribution in [2.45, 2.75) is 38.5 Å². The molecular weight excluding hydrogens is 697 g/mol. The number of fused-ring (bicyclic) bond motifs is 9. The van der Waals surface area contributed by atoms with Crippen molar-refractivity contribution in [1.29, 1.82) is 0 Å². The van der Waals surface area contributed by atoms with Crippen molar-refractivity contribution in [3.63, 3.8) is 0 Å². The smallest absolute Gasteiger partial charge is 0.263 e. The van der Waals surface area contributed by atoms with Gasteiger partial charge in [0.1, 0.15) is 0 Å². The summed E-state index contributed by atoms with van der Waals surface area (Å²) in [5.41, 5.74) is 13.9. The molecule has 0 N–H and O–H groups in total. The Morgan fingerprint density at radius 1 is 0.404 bits per heavy atom. The number of nitrogens with zero attached hydrogens (tertiary/aromatic N) is 4.